The van der Waals surface area contributed by atoms with E-state index < -0.39 is 12.1 Å². The lowest BCUT2D eigenvalue weighted by Crippen LogP contribution is -2.17. The molecule has 4 heteroatoms. The summed E-state index contributed by atoms with van der Waals surface area (Å²) in [5.41, 5.74) is 5.77. The predicted octanol–water partition coefficient (Wildman–Crippen LogP) is 7.22. The summed E-state index contributed by atoms with van der Waals surface area (Å²) < 4.78 is 7.92. The average Bonchev–Trinajstić information content (AvgIpc) is 3.37. The Morgan fingerprint density at radius 1 is 0.750 bits per heavy atom. The van der Waals surface area contributed by atoms with Crippen LogP contribution < -0.4 is 0 Å². The predicted molar refractivity (Wildman–Crippen MR) is 144 cm³/mol. The van der Waals surface area contributed by atoms with E-state index in [9.17, 15) is 4.79 Å². The molecule has 0 saturated heterocycles. The van der Waals surface area contributed by atoms with Crippen LogP contribution in [0.3, 0.4) is 0 Å². The molecule has 176 valence electrons. The Morgan fingerprint density at radius 3 is 1.94 bits per heavy atom. The molecule has 0 aliphatic rings. The van der Waals surface area contributed by atoms with Gasteiger partial charge in [-0.1, -0.05) is 121 Å². The quantitative estimate of drug-likeness (QED) is 0.178. The van der Waals surface area contributed by atoms with Gasteiger partial charge in [-0.25, -0.2) is 4.79 Å². The third kappa shape index (κ3) is 5.68. The van der Waals surface area contributed by atoms with Crippen LogP contribution >= 0.6 is 0 Å². The lowest BCUT2D eigenvalue weighted by molar-refractivity contribution is -0.144. The van der Waals surface area contributed by atoms with E-state index in [2.05, 4.69) is 18.2 Å². The summed E-state index contributed by atoms with van der Waals surface area (Å²) in [5, 5.41) is 4.93. The second-order valence-electron chi connectivity index (χ2n) is 8.41. The zero-order chi connectivity index (χ0) is 24.6. The van der Waals surface area contributed by atoms with Crippen LogP contribution in [-0.2, 0) is 16.1 Å². The highest BCUT2D eigenvalue weighted by Crippen LogP contribution is 2.29. The van der Waals surface area contributed by atoms with Crippen molar-refractivity contribution in [2.75, 3.05) is 0 Å². The number of rotatable bonds is 8. The summed E-state index contributed by atoms with van der Waals surface area (Å²) in [7, 11) is 0. The van der Waals surface area contributed by atoms with Crippen LogP contribution in [0.25, 0.3) is 28.6 Å². The molecule has 0 fully saturated rings. The van der Waals surface area contributed by atoms with Crippen molar-refractivity contribution >= 4 is 12.0 Å². The number of nitrogens with zero attached hydrogens (tertiary/aromatic N) is 2. The van der Waals surface area contributed by atoms with Crippen molar-refractivity contribution in [3.63, 3.8) is 0 Å². The molecule has 0 aliphatic carbocycles. The molecule has 36 heavy (non-hydrogen) atoms. The van der Waals surface area contributed by atoms with Gasteiger partial charge >= 0.3 is 5.97 Å². The largest absolute Gasteiger partial charge is 0.452 e. The number of carbonyl (C=O) groups excluding carboxylic acids is 1. The van der Waals surface area contributed by atoms with E-state index in [1.807, 2.05) is 114 Å². The molecule has 0 saturated carbocycles. The zero-order valence-electron chi connectivity index (χ0n) is 19.8. The fourth-order valence-corrected chi connectivity index (χ4v) is 4.09. The van der Waals surface area contributed by atoms with Crippen LogP contribution in [0.15, 0.2) is 133 Å². The minimum absolute atomic E-state index is 0.381. The van der Waals surface area contributed by atoms with E-state index in [-0.39, 0.29) is 0 Å². The van der Waals surface area contributed by atoms with E-state index >= 15 is 0 Å². The minimum Gasteiger partial charge on any atom is -0.452 e. The van der Waals surface area contributed by atoms with E-state index in [0.717, 1.165) is 33.6 Å². The van der Waals surface area contributed by atoms with E-state index in [1.54, 1.807) is 6.08 Å². The standard InChI is InChI=1S/C32H26N2O2/c35-32(22-21-25-13-5-1-6-14-25)36-31(28-19-11-4-12-20-28)24-34-30(27-17-9-3-10-18-27)23-29(33-34)26-15-7-2-8-16-26/h1-23,31H,24H2/b22-21+. The third-order valence-corrected chi connectivity index (χ3v) is 5.90. The van der Waals surface area contributed by atoms with Gasteiger partial charge in [0.25, 0.3) is 0 Å². The molecule has 0 N–H and O–H groups in total. The maximum atomic E-state index is 12.8. The van der Waals surface area contributed by atoms with Crippen molar-refractivity contribution in [1.29, 1.82) is 0 Å². The van der Waals surface area contributed by atoms with Crippen molar-refractivity contribution in [3.05, 3.63) is 145 Å². The maximum absolute atomic E-state index is 12.8. The fraction of sp³-hybridized carbons (Fsp3) is 0.0625. The molecule has 0 bridgehead atoms. The van der Waals surface area contributed by atoms with Crippen LogP contribution in [0.5, 0.6) is 0 Å². The molecular weight excluding hydrogens is 444 g/mol. The molecule has 0 spiro atoms. The SMILES string of the molecule is O=C(/C=C/c1ccccc1)OC(Cn1nc(-c2ccccc2)cc1-c1ccccc1)c1ccccc1. The first-order valence-electron chi connectivity index (χ1n) is 11.9. The molecule has 1 heterocycles. The summed E-state index contributed by atoms with van der Waals surface area (Å²) in [6.07, 6.45) is 2.73. The minimum atomic E-state index is -0.509. The molecule has 1 atom stereocenters. The smallest absolute Gasteiger partial charge is 0.331 e. The summed E-state index contributed by atoms with van der Waals surface area (Å²) in [4.78, 5) is 12.8. The second-order valence-corrected chi connectivity index (χ2v) is 8.41. The number of benzene rings is 4. The van der Waals surface area contributed by atoms with Gasteiger partial charge in [-0.05, 0) is 28.8 Å². The first-order valence-corrected chi connectivity index (χ1v) is 11.9. The number of carbonyl (C=O) groups is 1. The molecule has 0 amide bonds. The molecule has 4 nitrogen and oxygen atoms in total. The van der Waals surface area contributed by atoms with Crippen molar-refractivity contribution in [3.8, 4) is 22.5 Å². The normalized spacial score (nSPS) is 11.9. The first-order chi connectivity index (χ1) is 17.8. The van der Waals surface area contributed by atoms with Crippen LogP contribution in [-0.4, -0.2) is 15.7 Å². The Balaban J connectivity index is 1.47. The Bertz CT molecular complexity index is 1430. The van der Waals surface area contributed by atoms with Gasteiger partial charge in [0.15, 0.2) is 0 Å². The number of hydrogen-bond acceptors (Lipinski definition) is 3. The topological polar surface area (TPSA) is 44.1 Å². The fourth-order valence-electron chi connectivity index (χ4n) is 4.09. The van der Waals surface area contributed by atoms with Gasteiger partial charge in [0, 0.05) is 11.6 Å². The lowest BCUT2D eigenvalue weighted by atomic mass is 10.1. The Kier molecular flexibility index (Phi) is 7.14. The van der Waals surface area contributed by atoms with Crippen LogP contribution in [0.1, 0.15) is 17.2 Å². The third-order valence-electron chi connectivity index (χ3n) is 5.90. The maximum Gasteiger partial charge on any atom is 0.331 e. The number of aromatic nitrogens is 2. The molecule has 0 radical (unpaired) electrons. The molecule has 1 aromatic heterocycles. The number of esters is 1. The summed E-state index contributed by atoms with van der Waals surface area (Å²) in [5.74, 6) is -0.399. The highest BCUT2D eigenvalue weighted by Gasteiger charge is 2.20. The van der Waals surface area contributed by atoms with Crippen LogP contribution in [0.4, 0.5) is 0 Å². The number of ether oxygens (including phenoxy) is 1. The van der Waals surface area contributed by atoms with E-state index in [0.29, 0.717) is 6.54 Å². The highest BCUT2D eigenvalue weighted by molar-refractivity contribution is 5.87. The molecule has 5 aromatic rings. The van der Waals surface area contributed by atoms with Crippen molar-refractivity contribution in [2.45, 2.75) is 12.6 Å². The highest BCUT2D eigenvalue weighted by atomic mass is 16.5. The molecule has 5 rings (SSSR count). The molecule has 1 unspecified atom stereocenters. The van der Waals surface area contributed by atoms with Gasteiger partial charge in [-0.2, -0.15) is 5.10 Å². The number of hydrogen-bond donors (Lipinski definition) is 0. The first kappa shape index (κ1) is 23.1. The Morgan fingerprint density at radius 2 is 1.31 bits per heavy atom. The molecule has 0 aliphatic heterocycles. The molecular formula is C32H26N2O2. The Labute approximate surface area is 211 Å². The summed E-state index contributed by atoms with van der Waals surface area (Å²) in [6.45, 7) is 0.381. The summed E-state index contributed by atoms with van der Waals surface area (Å²) >= 11 is 0. The van der Waals surface area contributed by atoms with Crippen molar-refractivity contribution in [2.24, 2.45) is 0 Å². The van der Waals surface area contributed by atoms with Gasteiger partial charge in [0.2, 0.25) is 0 Å². The van der Waals surface area contributed by atoms with E-state index in [1.165, 1.54) is 6.08 Å². The monoisotopic (exact) mass is 470 g/mol. The van der Waals surface area contributed by atoms with E-state index in [4.69, 9.17) is 9.84 Å². The summed E-state index contributed by atoms with van der Waals surface area (Å²) in [6, 6.07) is 41.8. The van der Waals surface area contributed by atoms with Crippen LogP contribution in [0, 0.1) is 0 Å². The van der Waals surface area contributed by atoms with Crippen LogP contribution in [0.2, 0.25) is 0 Å². The lowest BCUT2D eigenvalue weighted by Gasteiger charge is -2.19. The van der Waals surface area contributed by atoms with Gasteiger partial charge in [-0.3, -0.25) is 4.68 Å². The van der Waals surface area contributed by atoms with Crippen molar-refractivity contribution < 1.29 is 9.53 Å². The average molecular weight is 471 g/mol. The van der Waals surface area contributed by atoms with Gasteiger partial charge in [-0.15, -0.1) is 0 Å². The van der Waals surface area contributed by atoms with Crippen molar-refractivity contribution in [1.82, 2.24) is 9.78 Å². The zero-order valence-corrected chi connectivity index (χ0v) is 19.8. The Hall–Kier alpha value is -4.70. The van der Waals surface area contributed by atoms with Gasteiger partial charge < -0.3 is 4.74 Å². The molecule has 4 aromatic carbocycles. The van der Waals surface area contributed by atoms with Gasteiger partial charge in [0.05, 0.1) is 17.9 Å². The van der Waals surface area contributed by atoms with Gasteiger partial charge in [0.1, 0.15) is 6.10 Å². The second kappa shape index (κ2) is 11.2.